The van der Waals surface area contributed by atoms with Gasteiger partial charge >= 0.3 is 0 Å². The van der Waals surface area contributed by atoms with E-state index in [2.05, 4.69) is 18.2 Å². The van der Waals surface area contributed by atoms with E-state index in [1.54, 1.807) is 6.07 Å². The molecule has 1 aliphatic rings. The van der Waals surface area contributed by atoms with Crippen LogP contribution in [0.15, 0.2) is 54.6 Å². The Balaban J connectivity index is 1.47. The zero-order chi connectivity index (χ0) is 19.1. The second kappa shape index (κ2) is 9.77. The Hall–Kier alpha value is -2.03. The predicted octanol–water partition coefficient (Wildman–Crippen LogP) is 7.29. The van der Waals surface area contributed by atoms with Crippen molar-refractivity contribution < 1.29 is 13.2 Å². The van der Waals surface area contributed by atoms with Crippen LogP contribution in [0.4, 0.5) is 13.2 Å². The fraction of sp³-hybridized carbons (Fsp3) is 0.417. The first-order valence-corrected chi connectivity index (χ1v) is 9.92. The molecule has 0 nitrogen and oxygen atoms in total. The number of halogens is 3. The second-order valence-corrected chi connectivity index (χ2v) is 7.55. The summed E-state index contributed by atoms with van der Waals surface area (Å²) in [6.45, 7) is -0.263. The Morgan fingerprint density at radius 3 is 2.22 bits per heavy atom. The Kier molecular flexibility index (Phi) is 7.14. The molecule has 0 unspecified atom stereocenters. The monoisotopic (exact) mass is 372 g/mol. The molecule has 144 valence electrons. The summed E-state index contributed by atoms with van der Waals surface area (Å²) in [4.78, 5) is 0. The van der Waals surface area contributed by atoms with E-state index in [9.17, 15) is 13.2 Å². The summed E-state index contributed by atoms with van der Waals surface area (Å²) in [5.41, 5.74) is 2.88. The zero-order valence-corrected chi connectivity index (χ0v) is 15.6. The van der Waals surface area contributed by atoms with Gasteiger partial charge in [0.1, 0.15) is 0 Å². The molecule has 2 aromatic rings. The van der Waals surface area contributed by atoms with Crippen LogP contribution in [0.1, 0.15) is 44.1 Å². The fourth-order valence-corrected chi connectivity index (χ4v) is 3.93. The standard InChI is InChI=1S/C24H27F3/c25-16-2-1-3-18-4-6-19(7-5-18)8-9-20-10-12-21(13-11-20)22-14-15-23(26)24(27)17-22/h1,3,10-15,17-19H,2,4-9,16H2/b3-1+. The van der Waals surface area contributed by atoms with Gasteiger partial charge in [-0.25, -0.2) is 8.78 Å². The molecular weight excluding hydrogens is 345 g/mol. The number of hydrogen-bond acceptors (Lipinski definition) is 0. The van der Waals surface area contributed by atoms with Crippen molar-refractivity contribution in [2.75, 3.05) is 6.67 Å². The van der Waals surface area contributed by atoms with Crippen LogP contribution in [0.5, 0.6) is 0 Å². The first kappa shape index (κ1) is 19.7. The number of allylic oxidation sites excluding steroid dienone is 2. The van der Waals surface area contributed by atoms with E-state index in [1.807, 2.05) is 18.2 Å². The smallest absolute Gasteiger partial charge is 0.159 e. The topological polar surface area (TPSA) is 0 Å². The third kappa shape index (κ3) is 5.72. The molecule has 0 saturated heterocycles. The largest absolute Gasteiger partial charge is 0.251 e. The van der Waals surface area contributed by atoms with E-state index in [4.69, 9.17) is 0 Å². The van der Waals surface area contributed by atoms with Crippen molar-refractivity contribution in [1.29, 1.82) is 0 Å². The van der Waals surface area contributed by atoms with E-state index in [-0.39, 0.29) is 6.67 Å². The van der Waals surface area contributed by atoms with E-state index < -0.39 is 11.6 Å². The maximum Gasteiger partial charge on any atom is 0.159 e. The van der Waals surface area contributed by atoms with Gasteiger partial charge in [-0.3, -0.25) is 4.39 Å². The molecule has 0 aromatic heterocycles. The first-order valence-electron chi connectivity index (χ1n) is 9.92. The number of aryl methyl sites for hydroxylation is 1. The maximum absolute atomic E-state index is 13.4. The average Bonchev–Trinajstić information content (AvgIpc) is 2.70. The minimum Gasteiger partial charge on any atom is -0.251 e. The van der Waals surface area contributed by atoms with Gasteiger partial charge in [0.25, 0.3) is 0 Å². The van der Waals surface area contributed by atoms with Gasteiger partial charge in [-0.15, -0.1) is 0 Å². The molecule has 27 heavy (non-hydrogen) atoms. The van der Waals surface area contributed by atoms with Crippen molar-refractivity contribution in [1.82, 2.24) is 0 Å². The van der Waals surface area contributed by atoms with Crippen LogP contribution in [0, 0.1) is 23.5 Å². The Bertz CT molecular complexity index is 741. The van der Waals surface area contributed by atoms with Crippen molar-refractivity contribution in [3.8, 4) is 11.1 Å². The molecule has 0 spiro atoms. The summed E-state index contributed by atoms with van der Waals surface area (Å²) in [7, 11) is 0. The van der Waals surface area contributed by atoms with Crippen LogP contribution in [-0.4, -0.2) is 6.67 Å². The van der Waals surface area contributed by atoms with Gasteiger partial charge < -0.3 is 0 Å². The van der Waals surface area contributed by atoms with E-state index in [0.29, 0.717) is 17.9 Å². The van der Waals surface area contributed by atoms with E-state index >= 15 is 0 Å². The molecule has 3 rings (SSSR count). The van der Waals surface area contributed by atoms with Gasteiger partial charge in [-0.2, -0.15) is 0 Å². The third-order valence-corrected chi connectivity index (χ3v) is 5.62. The summed E-state index contributed by atoms with van der Waals surface area (Å²) in [6.07, 6.45) is 11.9. The number of alkyl halides is 1. The van der Waals surface area contributed by atoms with Crippen LogP contribution in [0.3, 0.4) is 0 Å². The van der Waals surface area contributed by atoms with Gasteiger partial charge in [-0.05, 0) is 85.6 Å². The minimum atomic E-state index is -0.817. The van der Waals surface area contributed by atoms with Gasteiger partial charge in [0.15, 0.2) is 11.6 Å². The van der Waals surface area contributed by atoms with Crippen molar-refractivity contribution >= 4 is 0 Å². The van der Waals surface area contributed by atoms with Crippen molar-refractivity contribution in [2.45, 2.75) is 44.9 Å². The lowest BCUT2D eigenvalue weighted by molar-refractivity contribution is 0.296. The summed E-state index contributed by atoms with van der Waals surface area (Å²) >= 11 is 0. The van der Waals surface area contributed by atoms with Crippen molar-refractivity contribution in [2.24, 2.45) is 11.8 Å². The molecule has 2 aromatic carbocycles. The van der Waals surface area contributed by atoms with E-state index in [0.717, 1.165) is 17.9 Å². The lowest BCUT2D eigenvalue weighted by Gasteiger charge is -2.26. The van der Waals surface area contributed by atoms with Crippen molar-refractivity contribution in [3.63, 3.8) is 0 Å². The normalized spacial score (nSPS) is 20.3. The van der Waals surface area contributed by atoms with Crippen LogP contribution in [0.2, 0.25) is 0 Å². The lowest BCUT2D eigenvalue weighted by atomic mass is 9.79. The SMILES string of the molecule is FCC/C=C/C1CCC(CCc2ccc(-c3ccc(F)c(F)c3)cc2)CC1. The lowest BCUT2D eigenvalue weighted by Crippen LogP contribution is -2.13. The van der Waals surface area contributed by atoms with Gasteiger partial charge in [-0.1, -0.05) is 42.5 Å². The molecule has 0 atom stereocenters. The fourth-order valence-electron chi connectivity index (χ4n) is 3.93. The average molecular weight is 372 g/mol. The first-order chi connectivity index (χ1) is 13.2. The molecule has 0 amide bonds. The van der Waals surface area contributed by atoms with Crippen LogP contribution < -0.4 is 0 Å². The molecule has 1 aliphatic carbocycles. The predicted molar refractivity (Wildman–Crippen MR) is 105 cm³/mol. The third-order valence-electron chi connectivity index (χ3n) is 5.62. The van der Waals surface area contributed by atoms with E-state index in [1.165, 1.54) is 49.8 Å². The van der Waals surface area contributed by atoms with Gasteiger partial charge in [0.2, 0.25) is 0 Å². The molecule has 1 saturated carbocycles. The Labute approximate surface area is 160 Å². The Morgan fingerprint density at radius 2 is 1.56 bits per heavy atom. The highest BCUT2D eigenvalue weighted by molar-refractivity contribution is 5.63. The summed E-state index contributed by atoms with van der Waals surface area (Å²) in [5.74, 6) is -0.236. The zero-order valence-electron chi connectivity index (χ0n) is 15.6. The van der Waals surface area contributed by atoms with Crippen LogP contribution in [0.25, 0.3) is 11.1 Å². The highest BCUT2D eigenvalue weighted by Crippen LogP contribution is 2.32. The molecular formula is C24H27F3. The second-order valence-electron chi connectivity index (χ2n) is 7.55. The summed E-state index contributed by atoms with van der Waals surface area (Å²) in [5, 5.41) is 0. The van der Waals surface area contributed by atoms with Crippen LogP contribution >= 0.6 is 0 Å². The number of hydrogen-bond donors (Lipinski definition) is 0. The highest BCUT2D eigenvalue weighted by Gasteiger charge is 2.19. The van der Waals surface area contributed by atoms with Gasteiger partial charge in [0, 0.05) is 0 Å². The molecule has 0 heterocycles. The molecule has 0 aliphatic heterocycles. The molecule has 0 radical (unpaired) electrons. The summed E-state index contributed by atoms with van der Waals surface area (Å²) in [6, 6.07) is 12.1. The molecule has 3 heteroatoms. The quantitative estimate of drug-likeness (QED) is 0.448. The minimum absolute atomic E-state index is 0.263. The molecule has 0 N–H and O–H groups in total. The number of rotatable bonds is 7. The van der Waals surface area contributed by atoms with Crippen molar-refractivity contribution in [3.05, 3.63) is 71.8 Å². The Morgan fingerprint density at radius 1 is 0.852 bits per heavy atom. The van der Waals surface area contributed by atoms with Gasteiger partial charge in [0.05, 0.1) is 6.67 Å². The van der Waals surface area contributed by atoms with Crippen LogP contribution in [-0.2, 0) is 6.42 Å². The molecule has 0 bridgehead atoms. The number of benzene rings is 2. The molecule has 1 fully saturated rings. The summed E-state index contributed by atoms with van der Waals surface area (Å²) < 4.78 is 38.6. The highest BCUT2D eigenvalue weighted by atomic mass is 19.2. The maximum atomic E-state index is 13.4.